The topological polar surface area (TPSA) is 87.7 Å². The van der Waals surface area contributed by atoms with E-state index in [0.717, 1.165) is 50.8 Å². The molecule has 6 atom stereocenters. The number of nitrogens with zero attached hydrogens (tertiary/aromatic N) is 1. The number of esters is 1. The molecule has 198 valence electrons. The van der Waals surface area contributed by atoms with E-state index in [2.05, 4.69) is 64.1 Å². The zero-order valence-corrected chi connectivity index (χ0v) is 21.7. The van der Waals surface area contributed by atoms with Gasteiger partial charge in [0.25, 0.3) is 0 Å². The second kappa shape index (κ2) is 11.5. The van der Waals surface area contributed by atoms with Crippen LogP contribution in [0.3, 0.4) is 0 Å². The van der Waals surface area contributed by atoms with Crippen LogP contribution in [0.15, 0.2) is 48.6 Å². The molecule has 4 aliphatic rings. The van der Waals surface area contributed by atoms with Crippen LogP contribution >= 0.6 is 0 Å². The molecule has 5 rings (SSSR count). The van der Waals surface area contributed by atoms with Crippen molar-refractivity contribution in [2.75, 3.05) is 18.5 Å². The zero-order valence-electron chi connectivity index (χ0n) is 21.7. The van der Waals surface area contributed by atoms with Crippen LogP contribution in [0.4, 0.5) is 5.69 Å². The molecule has 2 amide bonds. The summed E-state index contributed by atoms with van der Waals surface area (Å²) in [4.78, 5) is 40.6. The molecule has 1 aromatic rings. The van der Waals surface area contributed by atoms with Gasteiger partial charge >= 0.3 is 5.97 Å². The lowest BCUT2D eigenvalue weighted by Crippen LogP contribution is -2.51. The van der Waals surface area contributed by atoms with Crippen molar-refractivity contribution in [3.63, 3.8) is 0 Å². The monoisotopic (exact) mass is 505 g/mol. The van der Waals surface area contributed by atoms with E-state index >= 15 is 0 Å². The Bertz CT molecular complexity index is 1070. The summed E-state index contributed by atoms with van der Waals surface area (Å²) in [6, 6.07) is 8.57. The van der Waals surface area contributed by atoms with Crippen LogP contribution in [0.2, 0.25) is 0 Å². The van der Waals surface area contributed by atoms with Crippen LogP contribution in [-0.4, -0.2) is 47.9 Å². The van der Waals surface area contributed by atoms with Gasteiger partial charge in [0.15, 0.2) is 0 Å². The molecule has 7 nitrogen and oxygen atoms in total. The van der Waals surface area contributed by atoms with Gasteiger partial charge in [-0.25, -0.2) is 0 Å². The molecular weight excluding hydrogens is 466 g/mol. The Balaban J connectivity index is 1.32. The lowest BCUT2D eigenvalue weighted by atomic mass is 9.75. The van der Waals surface area contributed by atoms with E-state index in [1.54, 1.807) is 6.92 Å². The van der Waals surface area contributed by atoms with Crippen LogP contribution in [-0.2, 0) is 19.1 Å². The number of amides is 2. The van der Waals surface area contributed by atoms with Crippen molar-refractivity contribution in [3.05, 3.63) is 54.1 Å². The predicted octanol–water partition coefficient (Wildman–Crippen LogP) is 4.52. The molecule has 1 saturated carbocycles. The summed E-state index contributed by atoms with van der Waals surface area (Å²) in [6.45, 7) is 2.81. The average molecular weight is 506 g/mol. The summed E-state index contributed by atoms with van der Waals surface area (Å²) in [5.74, 6) is 0.152. The number of likely N-dealkylation sites (tertiary alicyclic amines) is 1. The number of carbonyl (C=O) groups excluding carboxylic acids is 3. The molecule has 0 bridgehead atoms. The summed E-state index contributed by atoms with van der Waals surface area (Å²) < 4.78 is 4.95. The fraction of sp³-hybridized carbons (Fsp3) is 0.567. The quantitative estimate of drug-likeness (QED) is 0.532. The van der Waals surface area contributed by atoms with Crippen molar-refractivity contribution in [2.24, 2.45) is 17.8 Å². The number of para-hydroxylation sites is 1. The molecule has 0 radical (unpaired) electrons. The molecule has 2 aliphatic carbocycles. The lowest BCUT2D eigenvalue weighted by molar-refractivity contribution is -0.145. The zero-order chi connectivity index (χ0) is 25.8. The fourth-order valence-electron chi connectivity index (χ4n) is 6.84. The van der Waals surface area contributed by atoms with Crippen molar-refractivity contribution in [1.82, 2.24) is 10.2 Å². The van der Waals surface area contributed by atoms with E-state index in [0.29, 0.717) is 18.4 Å². The average Bonchev–Trinajstić information content (AvgIpc) is 3.38. The molecule has 2 aliphatic heterocycles. The summed E-state index contributed by atoms with van der Waals surface area (Å²) in [6.07, 6.45) is 14.5. The van der Waals surface area contributed by atoms with Gasteiger partial charge in [-0.3, -0.25) is 14.4 Å². The minimum atomic E-state index is -0.362. The van der Waals surface area contributed by atoms with E-state index in [1.165, 1.54) is 5.56 Å². The number of carbonyl (C=O) groups is 3. The second-order valence-electron chi connectivity index (χ2n) is 10.8. The Morgan fingerprint density at radius 1 is 1.08 bits per heavy atom. The highest BCUT2D eigenvalue weighted by molar-refractivity contribution is 5.84. The highest BCUT2D eigenvalue weighted by atomic mass is 16.5. The maximum atomic E-state index is 14.1. The summed E-state index contributed by atoms with van der Waals surface area (Å²) >= 11 is 0. The van der Waals surface area contributed by atoms with Crippen molar-refractivity contribution in [3.8, 4) is 0 Å². The highest BCUT2D eigenvalue weighted by Gasteiger charge is 2.49. The number of anilines is 1. The van der Waals surface area contributed by atoms with Gasteiger partial charge in [0.05, 0.1) is 25.0 Å². The van der Waals surface area contributed by atoms with Gasteiger partial charge in [0.2, 0.25) is 11.8 Å². The SMILES string of the molecule is CCOC(=O)CCC(=O)N[C@@H]1CCCC[C@@H]1C(=O)N1CC[C@@H]2[C@H](C3C=CC=CC3)Nc3ccccc3[C@@H]21. The maximum Gasteiger partial charge on any atom is 0.306 e. The van der Waals surface area contributed by atoms with E-state index in [1.807, 2.05) is 0 Å². The third-order valence-corrected chi connectivity index (χ3v) is 8.56. The first-order valence-electron chi connectivity index (χ1n) is 14.0. The first kappa shape index (κ1) is 25.6. The number of rotatable bonds is 7. The molecule has 37 heavy (non-hydrogen) atoms. The van der Waals surface area contributed by atoms with Crippen molar-refractivity contribution < 1.29 is 19.1 Å². The Kier molecular flexibility index (Phi) is 7.96. The molecule has 2 N–H and O–H groups in total. The fourth-order valence-corrected chi connectivity index (χ4v) is 6.84. The number of allylic oxidation sites excluding steroid dienone is 3. The standard InChI is InChI=1S/C30H39N3O4/c1-2-37-27(35)17-16-26(34)31-25-15-9-7-13-22(25)30(36)33-19-18-23-28(20-10-4-3-5-11-20)32-24-14-8-6-12-21(24)29(23)33/h3-6,8,10,12,14,20,22-23,25,28-29,32H,2,7,9,11,13,15-19H2,1H3,(H,31,34)/t20?,22-,23+,25+,28-,29-/m0/s1. The number of nitrogens with one attached hydrogen (secondary N) is 2. The summed E-state index contributed by atoms with van der Waals surface area (Å²) in [5, 5.41) is 6.93. The number of hydrogen-bond acceptors (Lipinski definition) is 5. The highest BCUT2D eigenvalue weighted by Crippen LogP contribution is 2.49. The van der Waals surface area contributed by atoms with Crippen LogP contribution in [0.25, 0.3) is 0 Å². The second-order valence-corrected chi connectivity index (χ2v) is 10.8. The van der Waals surface area contributed by atoms with Gasteiger partial charge in [-0.1, -0.05) is 55.3 Å². The van der Waals surface area contributed by atoms with E-state index in [4.69, 9.17) is 4.74 Å². The molecule has 1 aromatic carbocycles. The smallest absolute Gasteiger partial charge is 0.306 e. The molecule has 0 spiro atoms. The van der Waals surface area contributed by atoms with Gasteiger partial charge in [0, 0.05) is 42.6 Å². The van der Waals surface area contributed by atoms with Crippen molar-refractivity contribution in [1.29, 1.82) is 0 Å². The van der Waals surface area contributed by atoms with Gasteiger partial charge in [0.1, 0.15) is 0 Å². The Labute approximate surface area is 219 Å². The van der Waals surface area contributed by atoms with Crippen molar-refractivity contribution >= 4 is 23.5 Å². The number of benzene rings is 1. The molecule has 7 heteroatoms. The van der Waals surface area contributed by atoms with Crippen LogP contribution in [0.1, 0.15) is 69.9 Å². The van der Waals surface area contributed by atoms with Gasteiger partial charge in [-0.15, -0.1) is 0 Å². The Morgan fingerprint density at radius 2 is 1.92 bits per heavy atom. The van der Waals surface area contributed by atoms with E-state index in [9.17, 15) is 14.4 Å². The molecular formula is C30H39N3O4. The maximum absolute atomic E-state index is 14.1. The Hall–Kier alpha value is -3.09. The van der Waals surface area contributed by atoms with Crippen molar-refractivity contribution in [2.45, 2.75) is 76.4 Å². The number of hydrogen-bond donors (Lipinski definition) is 2. The summed E-state index contributed by atoms with van der Waals surface area (Å²) in [5.41, 5.74) is 2.33. The normalized spacial score (nSPS) is 30.1. The molecule has 1 unspecified atom stereocenters. The van der Waals surface area contributed by atoms with Gasteiger partial charge in [-0.05, 0) is 44.2 Å². The molecule has 0 aromatic heterocycles. The van der Waals surface area contributed by atoms with Crippen LogP contribution in [0.5, 0.6) is 0 Å². The lowest BCUT2D eigenvalue weighted by Gasteiger charge is -2.44. The van der Waals surface area contributed by atoms with Crippen LogP contribution < -0.4 is 10.6 Å². The first-order chi connectivity index (χ1) is 18.1. The van der Waals surface area contributed by atoms with Crippen LogP contribution in [0, 0.1) is 17.8 Å². The third kappa shape index (κ3) is 5.46. The van der Waals surface area contributed by atoms with E-state index < -0.39 is 0 Å². The Morgan fingerprint density at radius 3 is 2.73 bits per heavy atom. The minimum absolute atomic E-state index is 0.0522. The molecule has 2 fully saturated rings. The number of fused-ring (bicyclic) bond motifs is 3. The van der Waals surface area contributed by atoms with Gasteiger partial charge in [-0.2, -0.15) is 0 Å². The van der Waals surface area contributed by atoms with E-state index in [-0.39, 0.29) is 54.7 Å². The molecule has 2 heterocycles. The largest absolute Gasteiger partial charge is 0.466 e. The van der Waals surface area contributed by atoms with Gasteiger partial charge < -0.3 is 20.3 Å². The summed E-state index contributed by atoms with van der Waals surface area (Å²) in [7, 11) is 0. The number of ether oxygens (including phenoxy) is 1. The first-order valence-corrected chi connectivity index (χ1v) is 14.0. The third-order valence-electron chi connectivity index (χ3n) is 8.56. The molecule has 1 saturated heterocycles. The minimum Gasteiger partial charge on any atom is -0.466 e. The predicted molar refractivity (Wildman–Crippen MR) is 143 cm³/mol.